The van der Waals surface area contributed by atoms with Gasteiger partial charge in [0.1, 0.15) is 0 Å². The normalized spacial score (nSPS) is 11.1. The lowest BCUT2D eigenvalue weighted by molar-refractivity contribution is -0.118. The summed E-state index contributed by atoms with van der Waals surface area (Å²) in [6.45, 7) is 3.69. The molecule has 0 aliphatic carbocycles. The fraction of sp³-hybridized carbons (Fsp3) is 0.500. The number of halogens is 1. The summed E-state index contributed by atoms with van der Waals surface area (Å²) in [6.07, 6.45) is 1.77. The summed E-state index contributed by atoms with van der Waals surface area (Å²) in [4.78, 5) is 19.1. The number of carbonyl (C=O) groups excluding carboxylic acids is 1. The van der Waals surface area contributed by atoms with Gasteiger partial charge in [-0.05, 0) is 29.8 Å². The van der Waals surface area contributed by atoms with Crippen molar-refractivity contribution >= 4 is 27.8 Å². The summed E-state index contributed by atoms with van der Waals surface area (Å²) < 4.78 is 5.72. The Hall–Kier alpha value is -1.37. The third kappa shape index (κ3) is 4.18. The maximum absolute atomic E-state index is 10.9. The Morgan fingerprint density at radius 2 is 2.29 bits per heavy atom. The van der Waals surface area contributed by atoms with Gasteiger partial charge in [0, 0.05) is 12.0 Å². The minimum Gasteiger partial charge on any atom is -0.480 e. The number of primary amides is 1. The van der Waals surface area contributed by atoms with E-state index in [1.165, 1.54) is 7.11 Å². The van der Waals surface area contributed by atoms with E-state index in [1.807, 2.05) is 13.8 Å². The number of nitrogens with one attached hydrogen (secondary N) is 1. The Kier molecular flexibility index (Phi) is 4.28. The van der Waals surface area contributed by atoms with Gasteiger partial charge in [-0.2, -0.15) is 4.98 Å². The Bertz CT molecular complexity index is 423. The zero-order valence-corrected chi connectivity index (χ0v) is 11.5. The lowest BCUT2D eigenvalue weighted by atomic mass is 10.0. The van der Waals surface area contributed by atoms with Gasteiger partial charge in [0.2, 0.25) is 17.7 Å². The van der Waals surface area contributed by atoms with Gasteiger partial charge in [0.15, 0.2) is 0 Å². The van der Waals surface area contributed by atoms with Crippen molar-refractivity contribution in [2.24, 2.45) is 5.73 Å². The van der Waals surface area contributed by atoms with Crippen LogP contribution in [0.3, 0.4) is 0 Å². The summed E-state index contributed by atoms with van der Waals surface area (Å²) in [5.74, 6) is 0.431. The molecule has 7 heteroatoms. The number of hydrogen-bond donors (Lipinski definition) is 2. The number of amides is 1. The second-order valence-electron chi connectivity index (χ2n) is 4.20. The fourth-order valence-corrected chi connectivity index (χ4v) is 1.69. The van der Waals surface area contributed by atoms with Crippen LogP contribution in [-0.2, 0) is 4.79 Å². The van der Waals surface area contributed by atoms with Crippen LogP contribution in [0.15, 0.2) is 10.7 Å². The molecular weight excluding hydrogens is 288 g/mol. The molecule has 17 heavy (non-hydrogen) atoms. The molecule has 3 N–H and O–H groups in total. The maximum atomic E-state index is 10.9. The van der Waals surface area contributed by atoms with Crippen molar-refractivity contribution in [2.45, 2.75) is 25.8 Å². The van der Waals surface area contributed by atoms with Gasteiger partial charge in [0.25, 0.3) is 0 Å². The molecule has 1 rings (SSSR count). The lowest BCUT2D eigenvalue weighted by Gasteiger charge is -2.24. The van der Waals surface area contributed by atoms with E-state index in [9.17, 15) is 4.79 Å². The molecule has 0 aromatic carbocycles. The van der Waals surface area contributed by atoms with Crippen LogP contribution in [0.5, 0.6) is 5.88 Å². The average molecular weight is 303 g/mol. The first-order valence-electron chi connectivity index (χ1n) is 4.97. The molecule has 0 unspecified atom stereocenters. The number of anilines is 1. The summed E-state index contributed by atoms with van der Waals surface area (Å²) in [6, 6.07) is 0. The Balaban J connectivity index is 2.84. The van der Waals surface area contributed by atoms with Gasteiger partial charge in [-0.1, -0.05) is 0 Å². The van der Waals surface area contributed by atoms with Crippen LogP contribution in [0.4, 0.5) is 5.95 Å². The van der Waals surface area contributed by atoms with Crippen LogP contribution in [0.25, 0.3) is 0 Å². The monoisotopic (exact) mass is 302 g/mol. The number of nitrogens with two attached hydrogens (primary N) is 1. The van der Waals surface area contributed by atoms with Gasteiger partial charge in [-0.25, -0.2) is 4.98 Å². The maximum Gasteiger partial charge on any atom is 0.232 e. The van der Waals surface area contributed by atoms with Gasteiger partial charge < -0.3 is 15.8 Å². The standard InChI is InChI=1S/C10H15BrN4O2/c1-10(2,4-7(12)16)15-9-13-5-6(11)8(14-9)17-3/h5H,4H2,1-3H3,(H2,12,16)(H,13,14,15). The molecule has 0 bridgehead atoms. The Labute approximate surface area is 108 Å². The van der Waals surface area contributed by atoms with Gasteiger partial charge >= 0.3 is 0 Å². The van der Waals surface area contributed by atoms with Crippen molar-refractivity contribution < 1.29 is 9.53 Å². The predicted molar refractivity (Wildman–Crippen MR) is 67.8 cm³/mol. The quantitative estimate of drug-likeness (QED) is 0.856. The van der Waals surface area contributed by atoms with Crippen LogP contribution < -0.4 is 15.8 Å². The van der Waals surface area contributed by atoms with Crippen molar-refractivity contribution in [1.82, 2.24) is 9.97 Å². The molecule has 0 fully saturated rings. The number of aromatic nitrogens is 2. The van der Waals surface area contributed by atoms with E-state index in [-0.39, 0.29) is 12.3 Å². The van der Waals surface area contributed by atoms with Crippen molar-refractivity contribution in [1.29, 1.82) is 0 Å². The second kappa shape index (κ2) is 5.31. The average Bonchev–Trinajstić information content (AvgIpc) is 2.18. The number of ether oxygens (including phenoxy) is 1. The summed E-state index contributed by atoms with van der Waals surface area (Å²) >= 11 is 3.26. The summed E-state index contributed by atoms with van der Waals surface area (Å²) in [5, 5.41) is 3.03. The zero-order chi connectivity index (χ0) is 13.1. The molecule has 1 aromatic heterocycles. The molecule has 6 nitrogen and oxygen atoms in total. The summed E-state index contributed by atoms with van der Waals surface area (Å²) in [7, 11) is 1.52. The van der Waals surface area contributed by atoms with Crippen molar-refractivity contribution in [3.63, 3.8) is 0 Å². The molecule has 0 aliphatic rings. The first-order chi connectivity index (χ1) is 7.84. The van der Waals surface area contributed by atoms with Crippen LogP contribution in [0.1, 0.15) is 20.3 Å². The zero-order valence-electron chi connectivity index (χ0n) is 9.95. The van der Waals surface area contributed by atoms with Gasteiger partial charge in [0.05, 0.1) is 17.8 Å². The highest BCUT2D eigenvalue weighted by Gasteiger charge is 2.21. The van der Waals surface area contributed by atoms with E-state index in [1.54, 1.807) is 6.20 Å². The van der Waals surface area contributed by atoms with Crippen molar-refractivity contribution in [3.05, 3.63) is 10.7 Å². The highest BCUT2D eigenvalue weighted by molar-refractivity contribution is 9.10. The Morgan fingerprint density at radius 3 is 2.82 bits per heavy atom. The fourth-order valence-electron chi connectivity index (χ4n) is 1.34. The number of carbonyl (C=O) groups is 1. The highest BCUT2D eigenvalue weighted by Crippen LogP contribution is 2.23. The minimum absolute atomic E-state index is 0.189. The van der Waals surface area contributed by atoms with Crippen molar-refractivity contribution in [2.75, 3.05) is 12.4 Å². The molecule has 94 valence electrons. The molecule has 0 spiro atoms. The number of rotatable bonds is 5. The lowest BCUT2D eigenvalue weighted by Crippen LogP contribution is -2.36. The molecule has 1 heterocycles. The van der Waals surface area contributed by atoms with Crippen LogP contribution >= 0.6 is 15.9 Å². The molecule has 0 atom stereocenters. The van der Waals surface area contributed by atoms with E-state index in [0.717, 1.165) is 0 Å². The van der Waals surface area contributed by atoms with Crippen molar-refractivity contribution in [3.8, 4) is 5.88 Å². The predicted octanol–water partition coefficient (Wildman–Crippen LogP) is 1.31. The van der Waals surface area contributed by atoms with Gasteiger partial charge in [-0.3, -0.25) is 4.79 Å². The molecular formula is C10H15BrN4O2. The molecule has 0 saturated carbocycles. The molecule has 0 saturated heterocycles. The SMILES string of the molecule is COc1nc(NC(C)(C)CC(N)=O)ncc1Br. The number of methoxy groups -OCH3 is 1. The molecule has 0 aliphatic heterocycles. The minimum atomic E-state index is -0.509. The topological polar surface area (TPSA) is 90.1 Å². The van der Waals surface area contributed by atoms with Crippen LogP contribution in [0, 0.1) is 0 Å². The first kappa shape index (κ1) is 13.7. The van der Waals surface area contributed by atoms with E-state index in [4.69, 9.17) is 10.5 Å². The van der Waals surface area contributed by atoms with Crippen LogP contribution in [0.2, 0.25) is 0 Å². The van der Waals surface area contributed by atoms with Crippen LogP contribution in [-0.4, -0.2) is 28.5 Å². The van der Waals surface area contributed by atoms with E-state index >= 15 is 0 Å². The second-order valence-corrected chi connectivity index (χ2v) is 5.06. The highest BCUT2D eigenvalue weighted by atomic mass is 79.9. The Morgan fingerprint density at radius 1 is 1.65 bits per heavy atom. The smallest absolute Gasteiger partial charge is 0.232 e. The van der Waals surface area contributed by atoms with E-state index in [2.05, 4.69) is 31.2 Å². The molecule has 0 radical (unpaired) electrons. The molecule has 1 aromatic rings. The third-order valence-electron chi connectivity index (χ3n) is 1.97. The third-order valence-corrected chi connectivity index (χ3v) is 2.52. The number of nitrogens with zero attached hydrogens (tertiary/aromatic N) is 2. The van der Waals surface area contributed by atoms with Gasteiger partial charge in [-0.15, -0.1) is 0 Å². The van der Waals surface area contributed by atoms with E-state index in [0.29, 0.717) is 16.3 Å². The van der Waals surface area contributed by atoms with E-state index < -0.39 is 5.54 Å². The summed E-state index contributed by atoms with van der Waals surface area (Å²) in [5.41, 5.74) is 4.65. The largest absolute Gasteiger partial charge is 0.480 e. The first-order valence-corrected chi connectivity index (χ1v) is 5.76. The molecule has 1 amide bonds. The number of hydrogen-bond acceptors (Lipinski definition) is 5.